The van der Waals surface area contributed by atoms with Gasteiger partial charge in [0.15, 0.2) is 0 Å². The van der Waals surface area contributed by atoms with Crippen molar-refractivity contribution in [3.8, 4) is 0 Å². The molecule has 1 aliphatic rings. The van der Waals surface area contributed by atoms with Gasteiger partial charge in [0.25, 0.3) is 0 Å². The van der Waals surface area contributed by atoms with Crippen molar-refractivity contribution >= 4 is 11.6 Å². The fourth-order valence-corrected chi connectivity index (χ4v) is 4.15. The Bertz CT molecular complexity index is 702. The molecule has 3 heteroatoms. The van der Waals surface area contributed by atoms with Crippen molar-refractivity contribution in [1.82, 2.24) is 5.32 Å². The first-order valence-corrected chi connectivity index (χ1v) is 9.92. The minimum absolute atomic E-state index is 0.0223. The molecule has 0 bridgehead atoms. The van der Waals surface area contributed by atoms with Gasteiger partial charge in [0.05, 0.1) is 12.7 Å². The third-order valence-electron chi connectivity index (χ3n) is 5.41. The second-order valence-corrected chi connectivity index (χ2v) is 8.94. The number of hydrogen-bond acceptors (Lipinski definition) is 2. The van der Waals surface area contributed by atoms with E-state index in [0.29, 0.717) is 6.61 Å². The zero-order valence-corrected chi connectivity index (χ0v) is 16.9. The highest BCUT2D eigenvalue weighted by molar-refractivity contribution is 6.30. The number of rotatable bonds is 5. The zero-order valence-electron chi connectivity index (χ0n) is 16.1. The molecular formula is C23H30ClNO. The molecule has 2 nitrogen and oxygen atoms in total. The number of ether oxygens (including phenoxy) is 1. The van der Waals surface area contributed by atoms with E-state index >= 15 is 0 Å². The van der Waals surface area contributed by atoms with E-state index in [-0.39, 0.29) is 16.9 Å². The van der Waals surface area contributed by atoms with Crippen molar-refractivity contribution < 1.29 is 4.74 Å². The van der Waals surface area contributed by atoms with Gasteiger partial charge in [-0.3, -0.25) is 0 Å². The first-order valence-electron chi connectivity index (χ1n) is 9.54. The molecule has 1 saturated heterocycles. The molecule has 1 N–H and O–H groups in total. The third kappa shape index (κ3) is 4.49. The van der Waals surface area contributed by atoms with Gasteiger partial charge in [-0.2, -0.15) is 0 Å². The van der Waals surface area contributed by atoms with Gasteiger partial charge in [0.1, 0.15) is 0 Å². The summed E-state index contributed by atoms with van der Waals surface area (Å²) >= 11 is 6.30. The fraction of sp³-hybridized carbons (Fsp3) is 0.478. The Morgan fingerprint density at radius 1 is 1.04 bits per heavy atom. The highest BCUT2D eigenvalue weighted by Crippen LogP contribution is 2.41. The molecule has 0 amide bonds. The first-order chi connectivity index (χ1) is 12.4. The average Bonchev–Trinajstić information content (AvgIpc) is 2.62. The van der Waals surface area contributed by atoms with E-state index in [4.69, 9.17) is 16.3 Å². The monoisotopic (exact) mass is 371 g/mol. The normalized spacial score (nSPS) is 18.5. The molecule has 1 fully saturated rings. The lowest BCUT2D eigenvalue weighted by molar-refractivity contribution is -0.0487. The Labute approximate surface area is 162 Å². The van der Waals surface area contributed by atoms with E-state index in [9.17, 15) is 0 Å². The Kier molecular flexibility index (Phi) is 6.06. The van der Waals surface area contributed by atoms with Crippen LogP contribution in [-0.2, 0) is 10.2 Å². The van der Waals surface area contributed by atoms with Gasteiger partial charge in [-0.05, 0) is 54.6 Å². The van der Waals surface area contributed by atoms with Crippen molar-refractivity contribution in [3.63, 3.8) is 0 Å². The minimum atomic E-state index is 0.0223. The molecule has 26 heavy (non-hydrogen) atoms. The summed E-state index contributed by atoms with van der Waals surface area (Å²) in [6, 6.07) is 18.9. The molecule has 0 aromatic heterocycles. The average molecular weight is 372 g/mol. The van der Waals surface area contributed by atoms with Crippen LogP contribution in [0.1, 0.15) is 50.8 Å². The van der Waals surface area contributed by atoms with Crippen molar-refractivity contribution in [2.45, 2.75) is 45.1 Å². The second kappa shape index (κ2) is 8.12. The van der Waals surface area contributed by atoms with Crippen LogP contribution in [0.15, 0.2) is 54.6 Å². The maximum Gasteiger partial charge on any atom is 0.0873 e. The summed E-state index contributed by atoms with van der Waals surface area (Å²) in [6.45, 7) is 9.49. The molecule has 2 aromatic rings. The Hall–Kier alpha value is -1.35. The predicted octanol–water partition coefficient (Wildman–Crippen LogP) is 5.77. The molecule has 1 heterocycles. The summed E-state index contributed by atoms with van der Waals surface area (Å²) in [4.78, 5) is 0. The number of halogens is 1. The van der Waals surface area contributed by atoms with E-state index in [2.05, 4.69) is 74.6 Å². The van der Waals surface area contributed by atoms with Crippen LogP contribution in [0.2, 0.25) is 5.02 Å². The summed E-state index contributed by atoms with van der Waals surface area (Å²) in [6.07, 6.45) is 2.20. The van der Waals surface area contributed by atoms with Crippen LogP contribution in [0, 0.1) is 5.41 Å². The summed E-state index contributed by atoms with van der Waals surface area (Å²) < 4.78 is 6.66. The summed E-state index contributed by atoms with van der Waals surface area (Å²) in [5.41, 5.74) is 2.60. The van der Waals surface area contributed by atoms with Crippen LogP contribution in [-0.4, -0.2) is 19.7 Å². The van der Waals surface area contributed by atoms with Gasteiger partial charge < -0.3 is 10.1 Å². The zero-order chi connectivity index (χ0) is 18.6. The standard InChI is InChI=1S/C23H30ClNO/c1-22(2,3)21(18-8-5-4-6-9-18)26-17-23(12-14-25-15-13-23)19-10-7-11-20(24)16-19/h4-11,16,21,25H,12-15,17H2,1-3H3. The lowest BCUT2D eigenvalue weighted by Crippen LogP contribution is -2.44. The van der Waals surface area contributed by atoms with Crippen molar-refractivity contribution in [2.24, 2.45) is 5.41 Å². The largest absolute Gasteiger partial charge is 0.372 e. The first kappa shape index (κ1) is 19.4. The van der Waals surface area contributed by atoms with Crippen LogP contribution >= 0.6 is 11.6 Å². The van der Waals surface area contributed by atoms with Crippen LogP contribution in [0.3, 0.4) is 0 Å². The Morgan fingerprint density at radius 2 is 1.73 bits per heavy atom. The van der Waals surface area contributed by atoms with Gasteiger partial charge in [0, 0.05) is 10.4 Å². The minimum Gasteiger partial charge on any atom is -0.372 e. The van der Waals surface area contributed by atoms with Crippen LogP contribution in [0.5, 0.6) is 0 Å². The highest BCUT2D eigenvalue weighted by atomic mass is 35.5. The number of nitrogens with one attached hydrogen (secondary N) is 1. The second-order valence-electron chi connectivity index (χ2n) is 8.51. The van der Waals surface area contributed by atoms with Gasteiger partial charge >= 0.3 is 0 Å². The van der Waals surface area contributed by atoms with Gasteiger partial charge in [-0.25, -0.2) is 0 Å². The lowest BCUT2D eigenvalue weighted by atomic mass is 9.73. The van der Waals surface area contributed by atoms with E-state index < -0.39 is 0 Å². The van der Waals surface area contributed by atoms with Crippen molar-refractivity contribution in [1.29, 1.82) is 0 Å². The number of piperidine rings is 1. The number of benzene rings is 2. The quantitative estimate of drug-likeness (QED) is 0.720. The molecule has 140 valence electrons. The van der Waals surface area contributed by atoms with Crippen LogP contribution in [0.4, 0.5) is 0 Å². The molecule has 0 aliphatic carbocycles. The van der Waals surface area contributed by atoms with Gasteiger partial charge in [0.2, 0.25) is 0 Å². The van der Waals surface area contributed by atoms with Gasteiger partial charge in [-0.1, -0.05) is 74.8 Å². The number of hydrogen-bond donors (Lipinski definition) is 1. The highest BCUT2D eigenvalue weighted by Gasteiger charge is 2.37. The van der Waals surface area contributed by atoms with E-state index in [1.165, 1.54) is 11.1 Å². The maximum atomic E-state index is 6.66. The molecule has 1 atom stereocenters. The van der Waals surface area contributed by atoms with Crippen LogP contribution in [0.25, 0.3) is 0 Å². The van der Waals surface area contributed by atoms with E-state index in [1.807, 2.05) is 6.07 Å². The van der Waals surface area contributed by atoms with Crippen molar-refractivity contribution in [2.75, 3.05) is 19.7 Å². The Morgan fingerprint density at radius 3 is 2.35 bits per heavy atom. The Balaban J connectivity index is 1.87. The molecule has 0 radical (unpaired) electrons. The predicted molar refractivity (Wildman–Crippen MR) is 110 cm³/mol. The molecule has 1 unspecified atom stereocenters. The van der Waals surface area contributed by atoms with Crippen molar-refractivity contribution in [3.05, 3.63) is 70.7 Å². The van der Waals surface area contributed by atoms with E-state index in [1.54, 1.807) is 0 Å². The molecule has 0 saturated carbocycles. The van der Waals surface area contributed by atoms with E-state index in [0.717, 1.165) is 31.0 Å². The fourth-order valence-electron chi connectivity index (χ4n) is 3.96. The summed E-state index contributed by atoms with van der Waals surface area (Å²) in [5, 5.41) is 4.29. The lowest BCUT2D eigenvalue weighted by Gasteiger charge is -2.41. The summed E-state index contributed by atoms with van der Waals surface area (Å²) in [7, 11) is 0. The molecule has 2 aromatic carbocycles. The topological polar surface area (TPSA) is 21.3 Å². The summed E-state index contributed by atoms with van der Waals surface area (Å²) in [5.74, 6) is 0. The molecular weight excluding hydrogens is 342 g/mol. The maximum absolute atomic E-state index is 6.66. The third-order valence-corrected chi connectivity index (χ3v) is 5.65. The van der Waals surface area contributed by atoms with Crippen LogP contribution < -0.4 is 5.32 Å². The SMILES string of the molecule is CC(C)(C)C(OCC1(c2cccc(Cl)c2)CCNCC1)c1ccccc1. The smallest absolute Gasteiger partial charge is 0.0873 e. The molecule has 0 spiro atoms. The molecule has 1 aliphatic heterocycles. The van der Waals surface area contributed by atoms with Gasteiger partial charge in [-0.15, -0.1) is 0 Å². The molecule has 3 rings (SSSR count).